The fraction of sp³-hybridized carbons (Fsp3) is 0.0588. The van der Waals surface area contributed by atoms with Crippen molar-refractivity contribution in [2.75, 3.05) is 0 Å². The molecular formula is C34H24F2N2O2S2. The van der Waals surface area contributed by atoms with Gasteiger partial charge in [0.1, 0.15) is 40.7 Å². The van der Waals surface area contributed by atoms with E-state index < -0.39 is 0 Å². The number of thioether (sulfide) groups is 2. The summed E-state index contributed by atoms with van der Waals surface area (Å²) in [6, 6.07) is 35.0. The number of benzene rings is 4. The van der Waals surface area contributed by atoms with Crippen molar-refractivity contribution < 1.29 is 18.3 Å². The number of hydrogen-bond acceptors (Lipinski definition) is 6. The third-order valence-electron chi connectivity index (χ3n) is 5.87. The predicted octanol–water partition coefficient (Wildman–Crippen LogP) is 10.0. The topological polar surface area (TPSA) is 55.1 Å². The second-order valence-electron chi connectivity index (χ2n) is 8.97. The van der Waals surface area contributed by atoms with Crippen LogP contribution in [0.5, 0.6) is 23.0 Å². The van der Waals surface area contributed by atoms with E-state index in [2.05, 4.69) is 11.1 Å². The summed E-state index contributed by atoms with van der Waals surface area (Å²) in [7, 11) is 0. The van der Waals surface area contributed by atoms with Gasteiger partial charge in [-0.05, 0) is 96.1 Å². The van der Waals surface area contributed by atoms with Crippen LogP contribution in [-0.2, 0) is 11.5 Å². The summed E-state index contributed by atoms with van der Waals surface area (Å²) >= 11 is 3.11. The van der Waals surface area contributed by atoms with Crippen LogP contribution in [0, 0.1) is 23.0 Å². The van der Waals surface area contributed by atoms with Crippen molar-refractivity contribution in [2.24, 2.45) is 0 Å². The van der Waals surface area contributed by atoms with Crippen molar-refractivity contribution in [1.82, 2.24) is 4.98 Å². The van der Waals surface area contributed by atoms with E-state index in [1.807, 2.05) is 66.7 Å². The Balaban J connectivity index is 1.32. The summed E-state index contributed by atoms with van der Waals surface area (Å²) in [4.78, 5) is 4.41. The van der Waals surface area contributed by atoms with Crippen LogP contribution < -0.4 is 9.47 Å². The predicted molar refractivity (Wildman–Crippen MR) is 165 cm³/mol. The van der Waals surface area contributed by atoms with Crippen LogP contribution in [0.15, 0.2) is 126 Å². The van der Waals surface area contributed by atoms with Crippen molar-refractivity contribution in [1.29, 1.82) is 5.26 Å². The molecular weight excluding hydrogens is 571 g/mol. The molecule has 0 aliphatic rings. The fourth-order valence-electron chi connectivity index (χ4n) is 3.88. The zero-order valence-corrected chi connectivity index (χ0v) is 23.9. The van der Waals surface area contributed by atoms with E-state index in [1.54, 1.807) is 54.0 Å². The Morgan fingerprint density at radius 3 is 1.62 bits per heavy atom. The number of halogens is 2. The molecule has 5 aromatic rings. The molecule has 1 heterocycles. The van der Waals surface area contributed by atoms with Gasteiger partial charge in [0.25, 0.3) is 0 Å². The highest BCUT2D eigenvalue weighted by Crippen LogP contribution is 2.40. The van der Waals surface area contributed by atoms with Gasteiger partial charge in [0, 0.05) is 17.7 Å². The van der Waals surface area contributed by atoms with Gasteiger partial charge in [-0.3, -0.25) is 4.98 Å². The molecule has 4 aromatic carbocycles. The molecule has 0 unspecified atom stereocenters. The van der Waals surface area contributed by atoms with Crippen LogP contribution in [0.4, 0.5) is 8.78 Å². The lowest BCUT2D eigenvalue weighted by Crippen LogP contribution is -1.92. The Labute approximate surface area is 251 Å². The highest BCUT2D eigenvalue weighted by atomic mass is 32.2. The van der Waals surface area contributed by atoms with Crippen molar-refractivity contribution in [3.63, 3.8) is 0 Å². The van der Waals surface area contributed by atoms with Crippen LogP contribution in [0.2, 0.25) is 0 Å². The van der Waals surface area contributed by atoms with Gasteiger partial charge in [0.15, 0.2) is 0 Å². The molecule has 8 heteroatoms. The first-order chi connectivity index (χ1) is 20.6. The Hall–Kier alpha value is -4.58. The van der Waals surface area contributed by atoms with Gasteiger partial charge in [0.2, 0.25) is 0 Å². The molecule has 0 radical (unpaired) electrons. The maximum absolute atomic E-state index is 13.3. The number of aromatic nitrogens is 1. The number of nitrogens with zero attached hydrogens (tertiary/aromatic N) is 2. The van der Waals surface area contributed by atoms with Crippen LogP contribution >= 0.6 is 23.5 Å². The van der Waals surface area contributed by atoms with Gasteiger partial charge >= 0.3 is 0 Å². The molecule has 0 atom stereocenters. The van der Waals surface area contributed by atoms with Crippen molar-refractivity contribution in [2.45, 2.75) is 11.5 Å². The first-order valence-corrected chi connectivity index (χ1v) is 14.9. The standard InChI is InChI=1S/C34H24F2N2O2S2/c35-26-10-14-28(15-11-26)39-30-7-3-5-24(19-30)22-41-34(32(21-37)33-9-1-2-18-38-33)42-23-25-6-4-8-31(20-25)40-29-16-12-27(36)13-17-29/h1-20H,22-23H2. The van der Waals surface area contributed by atoms with E-state index in [4.69, 9.17) is 9.47 Å². The quantitative estimate of drug-likeness (QED) is 0.142. The Kier molecular flexibility index (Phi) is 9.89. The molecule has 0 spiro atoms. The lowest BCUT2D eigenvalue weighted by Gasteiger charge is -2.12. The minimum atomic E-state index is -0.322. The van der Waals surface area contributed by atoms with Crippen molar-refractivity contribution in [3.05, 3.63) is 154 Å². The highest BCUT2D eigenvalue weighted by molar-refractivity contribution is 8.21. The molecule has 42 heavy (non-hydrogen) atoms. The molecule has 0 saturated heterocycles. The van der Waals surface area contributed by atoms with Gasteiger partial charge < -0.3 is 9.47 Å². The van der Waals surface area contributed by atoms with Gasteiger partial charge in [-0.1, -0.05) is 30.3 Å². The molecule has 4 nitrogen and oxygen atoms in total. The van der Waals surface area contributed by atoms with Crippen LogP contribution in [-0.4, -0.2) is 4.98 Å². The maximum atomic E-state index is 13.3. The molecule has 5 rings (SSSR count). The minimum Gasteiger partial charge on any atom is -0.457 e. The SMILES string of the molecule is N#CC(=C(SCc1cccc(Oc2ccc(F)cc2)c1)SCc1cccc(Oc2ccc(F)cc2)c1)c1ccccn1. The smallest absolute Gasteiger partial charge is 0.127 e. The number of pyridine rings is 1. The zero-order chi connectivity index (χ0) is 29.1. The molecule has 0 saturated carbocycles. The third kappa shape index (κ3) is 8.23. The van der Waals surface area contributed by atoms with Gasteiger partial charge in [-0.2, -0.15) is 5.26 Å². The van der Waals surface area contributed by atoms with Crippen LogP contribution in [0.1, 0.15) is 16.8 Å². The van der Waals surface area contributed by atoms with E-state index in [9.17, 15) is 14.0 Å². The van der Waals surface area contributed by atoms with Crippen molar-refractivity contribution >= 4 is 29.1 Å². The van der Waals surface area contributed by atoms with Gasteiger partial charge in [-0.15, -0.1) is 23.5 Å². The van der Waals surface area contributed by atoms with E-state index in [0.29, 0.717) is 45.8 Å². The molecule has 0 aliphatic heterocycles. The molecule has 0 amide bonds. The Morgan fingerprint density at radius 2 is 1.17 bits per heavy atom. The summed E-state index contributed by atoms with van der Waals surface area (Å²) in [5.41, 5.74) is 3.12. The largest absolute Gasteiger partial charge is 0.457 e. The molecule has 0 aliphatic carbocycles. The minimum absolute atomic E-state index is 0.322. The lowest BCUT2D eigenvalue weighted by molar-refractivity contribution is 0.480. The first-order valence-electron chi connectivity index (χ1n) is 12.9. The molecule has 1 aromatic heterocycles. The number of allylic oxidation sites excluding steroid dienone is 1. The number of ether oxygens (including phenoxy) is 2. The highest BCUT2D eigenvalue weighted by Gasteiger charge is 2.14. The summed E-state index contributed by atoms with van der Waals surface area (Å²) in [6.07, 6.45) is 1.67. The molecule has 0 bridgehead atoms. The van der Waals surface area contributed by atoms with Gasteiger partial charge in [0.05, 0.1) is 15.5 Å². The third-order valence-corrected chi connectivity index (χ3v) is 8.47. The van der Waals surface area contributed by atoms with Crippen molar-refractivity contribution in [3.8, 4) is 29.1 Å². The van der Waals surface area contributed by atoms with E-state index >= 15 is 0 Å². The maximum Gasteiger partial charge on any atom is 0.127 e. The van der Waals surface area contributed by atoms with E-state index in [-0.39, 0.29) is 11.6 Å². The van der Waals surface area contributed by atoms with E-state index in [1.165, 1.54) is 24.3 Å². The average Bonchev–Trinajstić information content (AvgIpc) is 3.02. The Morgan fingerprint density at radius 1 is 0.643 bits per heavy atom. The summed E-state index contributed by atoms with van der Waals surface area (Å²) in [5, 5.41) is 10.1. The fourth-order valence-corrected chi connectivity index (χ4v) is 6.11. The molecule has 208 valence electrons. The summed E-state index contributed by atoms with van der Waals surface area (Å²) in [5.74, 6) is 2.91. The number of hydrogen-bond donors (Lipinski definition) is 0. The monoisotopic (exact) mass is 594 g/mol. The Bertz CT molecular complexity index is 1610. The van der Waals surface area contributed by atoms with E-state index in [0.717, 1.165) is 15.4 Å². The second-order valence-corrected chi connectivity index (χ2v) is 11.2. The lowest BCUT2D eigenvalue weighted by atomic mass is 10.2. The van der Waals surface area contributed by atoms with Crippen LogP contribution in [0.25, 0.3) is 5.57 Å². The second kappa shape index (κ2) is 14.4. The van der Waals surface area contributed by atoms with Gasteiger partial charge in [-0.25, -0.2) is 8.78 Å². The van der Waals surface area contributed by atoms with Crippen LogP contribution in [0.3, 0.4) is 0 Å². The number of nitriles is 1. The summed E-state index contributed by atoms with van der Waals surface area (Å²) < 4.78 is 39.2. The zero-order valence-electron chi connectivity index (χ0n) is 22.2. The normalized spacial score (nSPS) is 10.5. The average molecular weight is 595 g/mol. The molecule has 0 fully saturated rings. The molecule has 0 N–H and O–H groups in total. The number of rotatable bonds is 11. The first kappa shape index (κ1) is 28.9. The summed E-state index contributed by atoms with van der Waals surface area (Å²) in [6.45, 7) is 0.